The highest BCUT2D eigenvalue weighted by molar-refractivity contribution is 5.70. The molecular formula is C20H19NO. The van der Waals surface area contributed by atoms with Gasteiger partial charge >= 0.3 is 0 Å². The summed E-state index contributed by atoms with van der Waals surface area (Å²) in [6, 6.07) is 26.5. The average molecular weight is 289 g/mol. The van der Waals surface area contributed by atoms with Crippen LogP contribution in [0.1, 0.15) is 5.56 Å². The lowest BCUT2D eigenvalue weighted by molar-refractivity contribution is 0.484. The van der Waals surface area contributed by atoms with Gasteiger partial charge in [0.15, 0.2) is 0 Å². The first-order valence-electron chi connectivity index (χ1n) is 7.48. The molecule has 0 saturated carbocycles. The number of benzene rings is 3. The minimum absolute atomic E-state index is 0.664. The zero-order valence-electron chi connectivity index (χ0n) is 12.4. The molecule has 0 fully saturated rings. The fourth-order valence-corrected chi connectivity index (χ4v) is 2.43. The summed E-state index contributed by atoms with van der Waals surface area (Å²) < 4.78 is 6.07. The second-order valence-electron chi connectivity index (χ2n) is 5.15. The highest BCUT2D eigenvalue weighted by Gasteiger charge is 2.06. The van der Waals surface area contributed by atoms with Gasteiger partial charge in [0, 0.05) is 5.56 Å². The third kappa shape index (κ3) is 3.35. The van der Waals surface area contributed by atoms with E-state index in [1.807, 2.05) is 48.5 Å². The van der Waals surface area contributed by atoms with Gasteiger partial charge in [-0.05, 0) is 42.3 Å². The van der Waals surface area contributed by atoms with Crippen LogP contribution in [0.25, 0.3) is 11.1 Å². The van der Waals surface area contributed by atoms with E-state index in [0.29, 0.717) is 6.54 Å². The molecule has 0 aromatic heterocycles. The summed E-state index contributed by atoms with van der Waals surface area (Å²) in [7, 11) is 0. The van der Waals surface area contributed by atoms with E-state index in [1.165, 1.54) is 5.56 Å². The van der Waals surface area contributed by atoms with Crippen molar-refractivity contribution in [3.63, 3.8) is 0 Å². The number of ether oxygens (including phenoxy) is 1. The number of para-hydroxylation sites is 1. The number of rotatable bonds is 5. The molecule has 0 unspecified atom stereocenters. The maximum absolute atomic E-state index is 6.07. The van der Waals surface area contributed by atoms with Crippen molar-refractivity contribution in [2.75, 3.05) is 6.54 Å². The molecule has 0 heterocycles. The lowest BCUT2D eigenvalue weighted by Crippen LogP contribution is -2.02. The van der Waals surface area contributed by atoms with Crippen LogP contribution in [0.3, 0.4) is 0 Å². The van der Waals surface area contributed by atoms with Crippen LogP contribution in [-0.2, 0) is 6.42 Å². The standard InChI is InChI=1S/C20H19NO/c21-15-14-16-10-12-18(13-11-16)22-20-9-5-4-8-19(20)17-6-2-1-3-7-17/h1-13H,14-15,21H2. The minimum Gasteiger partial charge on any atom is -0.457 e. The smallest absolute Gasteiger partial charge is 0.135 e. The molecule has 0 radical (unpaired) electrons. The highest BCUT2D eigenvalue weighted by Crippen LogP contribution is 2.33. The Labute approximate surface area is 131 Å². The van der Waals surface area contributed by atoms with Gasteiger partial charge in [-0.15, -0.1) is 0 Å². The predicted molar refractivity (Wildman–Crippen MR) is 91.2 cm³/mol. The monoisotopic (exact) mass is 289 g/mol. The lowest BCUT2D eigenvalue weighted by atomic mass is 10.0. The van der Waals surface area contributed by atoms with Crippen LogP contribution in [0.15, 0.2) is 78.9 Å². The first-order valence-corrected chi connectivity index (χ1v) is 7.48. The summed E-state index contributed by atoms with van der Waals surface area (Å²) in [5, 5.41) is 0. The quantitative estimate of drug-likeness (QED) is 0.742. The predicted octanol–water partition coefficient (Wildman–Crippen LogP) is 4.65. The van der Waals surface area contributed by atoms with Crippen molar-refractivity contribution < 1.29 is 4.74 Å². The van der Waals surface area contributed by atoms with Crippen LogP contribution >= 0.6 is 0 Å². The molecule has 3 aromatic rings. The van der Waals surface area contributed by atoms with Crippen molar-refractivity contribution in [2.24, 2.45) is 5.73 Å². The molecular weight excluding hydrogens is 270 g/mol. The van der Waals surface area contributed by atoms with E-state index in [1.54, 1.807) is 0 Å². The Kier molecular flexibility index (Phi) is 4.52. The second-order valence-corrected chi connectivity index (χ2v) is 5.15. The van der Waals surface area contributed by atoms with E-state index in [4.69, 9.17) is 10.5 Å². The van der Waals surface area contributed by atoms with Gasteiger partial charge in [-0.1, -0.05) is 60.7 Å². The van der Waals surface area contributed by atoms with Crippen molar-refractivity contribution in [1.29, 1.82) is 0 Å². The molecule has 22 heavy (non-hydrogen) atoms. The Balaban J connectivity index is 1.86. The van der Waals surface area contributed by atoms with Crippen molar-refractivity contribution in [3.05, 3.63) is 84.4 Å². The molecule has 0 saturated heterocycles. The van der Waals surface area contributed by atoms with Gasteiger partial charge in [-0.3, -0.25) is 0 Å². The van der Waals surface area contributed by atoms with Crippen LogP contribution in [0.2, 0.25) is 0 Å². The molecule has 0 bridgehead atoms. The van der Waals surface area contributed by atoms with E-state index in [0.717, 1.165) is 29.0 Å². The summed E-state index contributed by atoms with van der Waals surface area (Å²) in [5.41, 5.74) is 9.05. The Morgan fingerprint density at radius 2 is 1.41 bits per heavy atom. The van der Waals surface area contributed by atoms with E-state index < -0.39 is 0 Å². The SMILES string of the molecule is NCCc1ccc(Oc2ccccc2-c2ccccc2)cc1. The second kappa shape index (κ2) is 6.92. The van der Waals surface area contributed by atoms with E-state index >= 15 is 0 Å². The first-order chi connectivity index (χ1) is 10.9. The van der Waals surface area contributed by atoms with Gasteiger partial charge in [0.05, 0.1) is 0 Å². The maximum Gasteiger partial charge on any atom is 0.135 e. The largest absolute Gasteiger partial charge is 0.457 e. The number of nitrogens with two attached hydrogens (primary N) is 1. The van der Waals surface area contributed by atoms with Crippen molar-refractivity contribution in [2.45, 2.75) is 6.42 Å². The molecule has 2 heteroatoms. The summed E-state index contributed by atoms with van der Waals surface area (Å²) >= 11 is 0. The molecule has 0 aliphatic carbocycles. The van der Waals surface area contributed by atoms with E-state index in [-0.39, 0.29) is 0 Å². The van der Waals surface area contributed by atoms with Crippen molar-refractivity contribution in [3.8, 4) is 22.6 Å². The molecule has 3 rings (SSSR count). The molecule has 0 atom stereocenters. The molecule has 110 valence electrons. The zero-order chi connectivity index (χ0) is 15.2. The first kappa shape index (κ1) is 14.4. The van der Waals surface area contributed by atoms with Gasteiger partial charge in [0.2, 0.25) is 0 Å². The molecule has 0 aliphatic rings. The van der Waals surface area contributed by atoms with Crippen LogP contribution in [0.4, 0.5) is 0 Å². The third-order valence-electron chi connectivity index (χ3n) is 3.56. The van der Waals surface area contributed by atoms with Crippen LogP contribution in [-0.4, -0.2) is 6.54 Å². The van der Waals surface area contributed by atoms with Crippen LogP contribution < -0.4 is 10.5 Å². The summed E-state index contributed by atoms with van der Waals surface area (Å²) in [6.07, 6.45) is 0.890. The Morgan fingerprint density at radius 3 is 2.14 bits per heavy atom. The normalized spacial score (nSPS) is 10.4. The van der Waals surface area contributed by atoms with Crippen molar-refractivity contribution in [1.82, 2.24) is 0 Å². The Bertz CT molecular complexity index is 720. The number of hydrogen-bond acceptors (Lipinski definition) is 2. The van der Waals surface area contributed by atoms with Crippen molar-refractivity contribution >= 4 is 0 Å². The Morgan fingerprint density at radius 1 is 0.727 bits per heavy atom. The number of hydrogen-bond donors (Lipinski definition) is 1. The molecule has 3 aromatic carbocycles. The average Bonchev–Trinajstić information content (AvgIpc) is 2.58. The van der Waals surface area contributed by atoms with Crippen LogP contribution in [0.5, 0.6) is 11.5 Å². The molecule has 2 N–H and O–H groups in total. The molecule has 0 spiro atoms. The lowest BCUT2D eigenvalue weighted by Gasteiger charge is -2.11. The summed E-state index contributed by atoms with van der Waals surface area (Å²) in [4.78, 5) is 0. The van der Waals surface area contributed by atoms with E-state index in [9.17, 15) is 0 Å². The molecule has 2 nitrogen and oxygen atoms in total. The van der Waals surface area contributed by atoms with Gasteiger partial charge in [-0.2, -0.15) is 0 Å². The molecule has 0 aliphatic heterocycles. The maximum atomic E-state index is 6.07. The summed E-state index contributed by atoms with van der Waals surface area (Å²) in [6.45, 7) is 0.664. The van der Waals surface area contributed by atoms with Gasteiger partial charge in [0.1, 0.15) is 11.5 Å². The fraction of sp³-hybridized carbons (Fsp3) is 0.100. The minimum atomic E-state index is 0.664. The highest BCUT2D eigenvalue weighted by atomic mass is 16.5. The summed E-state index contributed by atoms with van der Waals surface area (Å²) in [5.74, 6) is 1.70. The zero-order valence-corrected chi connectivity index (χ0v) is 12.4. The topological polar surface area (TPSA) is 35.2 Å². The van der Waals surface area contributed by atoms with E-state index in [2.05, 4.69) is 30.3 Å². The third-order valence-corrected chi connectivity index (χ3v) is 3.56. The van der Waals surface area contributed by atoms with Crippen LogP contribution in [0, 0.1) is 0 Å². The Hall–Kier alpha value is -2.58. The van der Waals surface area contributed by atoms with Gasteiger partial charge in [0.25, 0.3) is 0 Å². The van der Waals surface area contributed by atoms with Gasteiger partial charge < -0.3 is 10.5 Å². The fourth-order valence-electron chi connectivity index (χ4n) is 2.43. The molecule has 0 amide bonds. The van der Waals surface area contributed by atoms with Gasteiger partial charge in [-0.25, -0.2) is 0 Å².